The molecule has 8 aromatic heterocycles. The average Bonchev–Trinajstić information content (AvgIpc) is 1.74. The number of H-pyrrole nitrogens is 1. The van der Waals surface area contributed by atoms with Crippen molar-refractivity contribution in [1.29, 1.82) is 0 Å². The summed E-state index contributed by atoms with van der Waals surface area (Å²) in [5, 5.41) is 8.56. The molecule has 15 heteroatoms. The Morgan fingerprint density at radius 1 is 0.274 bits per heavy atom. The third-order valence-electron chi connectivity index (χ3n) is 20.9. The van der Waals surface area contributed by atoms with Crippen molar-refractivity contribution in [3.63, 3.8) is 0 Å². The quantitative estimate of drug-likeness (QED) is 0.137. The van der Waals surface area contributed by atoms with Gasteiger partial charge in [0.05, 0.1) is 5.69 Å². The number of hydrogen-bond donors (Lipinski definition) is 1. The Hall–Kier alpha value is -14.8. The molecule has 0 fully saturated rings. The number of halogens is 1. The Morgan fingerprint density at radius 2 is 0.575 bits per heavy atom. The van der Waals surface area contributed by atoms with E-state index in [2.05, 4.69) is 153 Å². The van der Waals surface area contributed by atoms with Gasteiger partial charge in [0.1, 0.15) is 44.7 Å². The van der Waals surface area contributed by atoms with Crippen LogP contribution in [0.4, 0.5) is 0 Å². The molecule has 8 heterocycles. The molecule has 0 saturated heterocycles. The number of hydrogen-bond acceptors (Lipinski definition) is 10. The van der Waals surface area contributed by atoms with Gasteiger partial charge in [-0.3, -0.25) is 13.8 Å². The van der Waals surface area contributed by atoms with E-state index < -0.39 is 22.8 Å². The first kappa shape index (κ1) is 67.5. The zero-order chi connectivity index (χ0) is 75.8. The van der Waals surface area contributed by atoms with Crippen molar-refractivity contribution in [2.45, 2.75) is 0 Å². The molecule has 0 aliphatic carbocycles. The van der Waals surface area contributed by atoms with Gasteiger partial charge in [-0.1, -0.05) is 279 Å². The highest BCUT2D eigenvalue weighted by atomic mass is 127. The minimum absolute atomic E-state index is 0.274. The number of para-hydroxylation sites is 9. The number of aromatic amines is 1. The third kappa shape index (κ3) is 12.2. The predicted octanol–water partition coefficient (Wildman–Crippen LogP) is 23.5. The van der Waals surface area contributed by atoms with Gasteiger partial charge in [-0.15, -0.1) is 0 Å². The van der Waals surface area contributed by atoms with Crippen LogP contribution in [0.25, 0.3) is 194 Å². The molecule has 0 unspecified atom stereocenters. The highest BCUT2D eigenvalue weighted by molar-refractivity contribution is 14.1. The molecule has 0 atom stereocenters. The molecule has 0 spiro atoms. The zero-order valence-electron chi connectivity index (χ0n) is 59.9. The molecule has 0 saturated carbocycles. The van der Waals surface area contributed by atoms with Gasteiger partial charge in [0.25, 0.3) is 0 Å². The summed E-state index contributed by atoms with van der Waals surface area (Å²) in [5.74, 6) is 0. The summed E-state index contributed by atoms with van der Waals surface area (Å²) in [5.41, 5.74) is 19.6. The minimum Gasteiger partial charge on any atom is -0.455 e. The molecule has 14 aromatic carbocycles. The highest BCUT2D eigenvalue weighted by Gasteiger charge is 2.22. The maximum Gasteiger partial charge on any atom is 0.358 e. The van der Waals surface area contributed by atoms with Gasteiger partial charge in [-0.25, -0.2) is 23.7 Å². The van der Waals surface area contributed by atoms with Crippen molar-refractivity contribution in [2.75, 3.05) is 0 Å². The first-order chi connectivity index (χ1) is 55.6. The van der Waals surface area contributed by atoms with E-state index in [4.69, 9.17) is 17.7 Å². The summed E-state index contributed by atoms with van der Waals surface area (Å²) in [6, 6.07) is 113. The van der Waals surface area contributed by atoms with E-state index in [9.17, 15) is 19.2 Å². The second-order valence-corrected chi connectivity index (χ2v) is 28.8. The summed E-state index contributed by atoms with van der Waals surface area (Å²) in [4.78, 5) is 64.4. The van der Waals surface area contributed by atoms with Crippen LogP contribution >= 0.6 is 22.6 Å². The number of furan rings is 4. The second-order valence-electron chi connectivity index (χ2n) is 27.6. The summed E-state index contributed by atoms with van der Waals surface area (Å²) in [6.07, 6.45) is 3.48. The highest BCUT2D eigenvalue weighted by Crippen LogP contribution is 2.43. The van der Waals surface area contributed by atoms with Crippen molar-refractivity contribution in [2.24, 2.45) is 0 Å². The van der Waals surface area contributed by atoms with Gasteiger partial charge < -0.3 is 17.7 Å². The van der Waals surface area contributed by atoms with Crippen molar-refractivity contribution in [3.8, 4) is 94.7 Å². The molecular formula is C98H59IN6O8. The Kier molecular flexibility index (Phi) is 16.7. The Labute approximate surface area is 655 Å². The molecule has 536 valence electrons. The van der Waals surface area contributed by atoms with Crippen LogP contribution in [-0.2, 0) is 0 Å². The molecule has 22 rings (SSSR count). The number of pyridine rings is 2. The normalized spacial score (nSPS) is 11.5. The number of benzene rings is 14. The van der Waals surface area contributed by atoms with Crippen molar-refractivity contribution >= 4 is 122 Å². The van der Waals surface area contributed by atoms with Gasteiger partial charge in [0, 0.05) is 92.4 Å². The Balaban J connectivity index is 0.000000136. The van der Waals surface area contributed by atoms with Crippen LogP contribution < -0.4 is 22.8 Å². The summed E-state index contributed by atoms with van der Waals surface area (Å²) >= 11 is 2.28. The number of nitrogens with one attached hydrogen (secondary N) is 1. The van der Waals surface area contributed by atoms with Gasteiger partial charge in [0.2, 0.25) is 0 Å². The Morgan fingerprint density at radius 3 is 0.929 bits per heavy atom. The number of nitrogens with zero attached hydrogens (tertiary/aromatic N) is 5. The lowest BCUT2D eigenvalue weighted by atomic mass is 9.96. The first-order valence-electron chi connectivity index (χ1n) is 36.7. The minimum atomic E-state index is -0.693. The smallest absolute Gasteiger partial charge is 0.358 e. The SMILES string of the molecule is Ic1ccccc1.O=c1nc2c(-c3ccc(-c4cccc5c4oc4ccccc45)cc3)cc(-c3ccc(-c4cccc5c4oc4ccccc45)cc3)cn2c(=O)[nH]1.O=c1nc2c(-c3ccc(-c4cccc5c4oc4ccccc45)cc3)cc(-c3ccc(-c4cccc5c4oc4ccccc45)cc3)cn2c(=O)n1-c1ccccc1. The van der Waals surface area contributed by atoms with E-state index >= 15 is 0 Å². The fourth-order valence-corrected chi connectivity index (χ4v) is 15.9. The fourth-order valence-electron chi connectivity index (χ4n) is 15.5. The van der Waals surface area contributed by atoms with E-state index in [1.54, 1.807) is 36.7 Å². The largest absolute Gasteiger partial charge is 0.455 e. The second kappa shape index (κ2) is 28.0. The van der Waals surface area contributed by atoms with E-state index in [1.807, 2.05) is 200 Å². The fraction of sp³-hybridized carbons (Fsp3) is 0. The third-order valence-corrected chi connectivity index (χ3v) is 21.7. The van der Waals surface area contributed by atoms with Crippen LogP contribution in [0.3, 0.4) is 0 Å². The molecule has 1 N–H and O–H groups in total. The average molecular weight is 1580 g/mol. The van der Waals surface area contributed by atoms with Crippen LogP contribution in [-0.4, -0.2) is 28.3 Å². The number of rotatable bonds is 9. The summed E-state index contributed by atoms with van der Waals surface area (Å²) < 4.78 is 30.5. The summed E-state index contributed by atoms with van der Waals surface area (Å²) in [7, 11) is 0. The van der Waals surface area contributed by atoms with Crippen molar-refractivity contribution < 1.29 is 17.7 Å². The van der Waals surface area contributed by atoms with Crippen LogP contribution in [0.2, 0.25) is 0 Å². The van der Waals surface area contributed by atoms with E-state index in [0.29, 0.717) is 16.8 Å². The first-order valence-corrected chi connectivity index (χ1v) is 37.8. The van der Waals surface area contributed by atoms with Crippen molar-refractivity contribution in [3.05, 3.63) is 398 Å². The summed E-state index contributed by atoms with van der Waals surface area (Å²) in [6.45, 7) is 0. The lowest BCUT2D eigenvalue weighted by Gasteiger charge is -2.14. The maximum atomic E-state index is 14.3. The molecule has 14 nitrogen and oxygen atoms in total. The van der Waals surface area contributed by atoms with Crippen LogP contribution in [0.5, 0.6) is 0 Å². The Bertz CT molecular complexity index is 7770. The predicted molar refractivity (Wildman–Crippen MR) is 461 cm³/mol. The maximum absolute atomic E-state index is 14.3. The van der Waals surface area contributed by atoms with E-state index in [1.165, 1.54) is 12.4 Å². The van der Waals surface area contributed by atoms with Crippen LogP contribution in [0, 0.1) is 3.57 Å². The number of aromatic nitrogens is 6. The van der Waals surface area contributed by atoms with Gasteiger partial charge in [0.15, 0.2) is 11.3 Å². The molecule has 113 heavy (non-hydrogen) atoms. The standard InChI is InChI=1S/C49H29N3O4.C43H25N3O4.C6H5I/c53-48-50-47-42(33-26-24-32(25-27-33)37-15-9-17-41-39-13-5-7-19-44(39)56-46(37)41)28-34(29-51(47)49(54)52(48)35-10-2-1-3-11-35)30-20-22-31(23-21-30)36-14-8-16-40-38-12-4-6-18-43(38)55-45(36)40;47-42-44-41-36(28-21-19-27(20-22-28)31-10-6-12-35-33-8-2-4-14-38(33)50-40(31)35)23-29(24-46(41)43(48)45-42)25-15-17-26(18-16-25)30-9-5-11-34-32-7-1-3-13-37(32)49-39(30)34;7-6-4-2-1-3-5-6/h1-29H;1-24H,(H,45,47,48);1-5H. The van der Waals surface area contributed by atoms with Gasteiger partial charge in [-0.2, -0.15) is 9.97 Å². The van der Waals surface area contributed by atoms with Crippen molar-refractivity contribution in [1.82, 2.24) is 28.3 Å². The van der Waals surface area contributed by atoms with E-state index in [-0.39, 0.29) is 11.3 Å². The van der Waals surface area contributed by atoms with E-state index in [0.717, 1.165) is 170 Å². The topological polar surface area (TPSA) is 176 Å². The molecular weight excluding hydrogens is 1520 g/mol. The molecule has 0 aliphatic heterocycles. The van der Waals surface area contributed by atoms with Crippen LogP contribution in [0.1, 0.15) is 0 Å². The lowest BCUT2D eigenvalue weighted by Crippen LogP contribution is -2.38. The molecule has 0 bridgehead atoms. The lowest BCUT2D eigenvalue weighted by molar-refractivity contribution is 0.669. The number of fused-ring (bicyclic) bond motifs is 14. The molecule has 22 aromatic rings. The van der Waals surface area contributed by atoms with Gasteiger partial charge >= 0.3 is 22.8 Å². The molecule has 0 aliphatic rings. The zero-order valence-corrected chi connectivity index (χ0v) is 62.0. The van der Waals surface area contributed by atoms with Gasteiger partial charge in [-0.05, 0) is 139 Å². The monoisotopic (exact) mass is 1570 g/mol. The van der Waals surface area contributed by atoms with Crippen LogP contribution in [0.15, 0.2) is 389 Å². The molecule has 0 amide bonds. The molecule has 0 radical (unpaired) electrons.